The van der Waals surface area contributed by atoms with E-state index in [0.717, 1.165) is 11.3 Å². The predicted molar refractivity (Wildman–Crippen MR) is 77.5 cm³/mol. The van der Waals surface area contributed by atoms with Crippen LogP contribution in [0.5, 0.6) is 5.75 Å². The van der Waals surface area contributed by atoms with Gasteiger partial charge in [-0.15, -0.1) is 0 Å². The van der Waals surface area contributed by atoms with Gasteiger partial charge in [0.1, 0.15) is 11.8 Å². The molecule has 2 rings (SSSR count). The van der Waals surface area contributed by atoms with Crippen molar-refractivity contribution in [3.05, 3.63) is 29.8 Å². The van der Waals surface area contributed by atoms with E-state index in [4.69, 9.17) is 9.84 Å². The van der Waals surface area contributed by atoms with E-state index in [1.54, 1.807) is 0 Å². The number of para-hydroxylation sites is 1. The van der Waals surface area contributed by atoms with E-state index in [1.807, 2.05) is 31.2 Å². The van der Waals surface area contributed by atoms with E-state index in [9.17, 15) is 9.59 Å². The van der Waals surface area contributed by atoms with Crippen LogP contribution in [0.3, 0.4) is 0 Å². The lowest BCUT2D eigenvalue weighted by atomic mass is 10.0. The van der Waals surface area contributed by atoms with E-state index < -0.39 is 18.0 Å². The summed E-state index contributed by atoms with van der Waals surface area (Å²) in [6.07, 6.45) is 1.11. The summed E-state index contributed by atoms with van der Waals surface area (Å²) in [6, 6.07) is 6.41. The summed E-state index contributed by atoms with van der Waals surface area (Å²) >= 11 is 0. The van der Waals surface area contributed by atoms with E-state index in [1.165, 1.54) is 0 Å². The highest BCUT2D eigenvalue weighted by Gasteiger charge is 2.25. The van der Waals surface area contributed by atoms with Crippen molar-refractivity contribution in [2.24, 2.45) is 0 Å². The van der Waals surface area contributed by atoms with Crippen LogP contribution in [0.1, 0.15) is 31.2 Å². The third-order valence-corrected chi connectivity index (χ3v) is 3.49. The summed E-state index contributed by atoms with van der Waals surface area (Å²) in [5.74, 6) is -0.0675. The molecule has 3 N–H and O–H groups in total. The zero-order valence-electron chi connectivity index (χ0n) is 12.0. The minimum absolute atomic E-state index is 0.0985. The average Bonchev–Trinajstić information content (AvgIpc) is 2.88. The Balaban J connectivity index is 1.83. The molecule has 1 aromatic carbocycles. The number of benzene rings is 1. The van der Waals surface area contributed by atoms with Crippen LogP contribution in [-0.4, -0.2) is 36.3 Å². The number of aliphatic carboxylic acids is 1. The van der Waals surface area contributed by atoms with Gasteiger partial charge in [0.05, 0.1) is 6.61 Å². The fourth-order valence-corrected chi connectivity index (χ4v) is 2.37. The highest BCUT2D eigenvalue weighted by atomic mass is 16.5. The van der Waals surface area contributed by atoms with Crippen molar-refractivity contribution in [1.82, 2.24) is 10.6 Å². The van der Waals surface area contributed by atoms with Gasteiger partial charge in [-0.3, -0.25) is 0 Å². The molecule has 2 atom stereocenters. The average molecular weight is 292 g/mol. The van der Waals surface area contributed by atoms with Gasteiger partial charge in [-0.1, -0.05) is 31.5 Å². The lowest BCUT2D eigenvalue weighted by molar-refractivity contribution is -0.139. The van der Waals surface area contributed by atoms with Gasteiger partial charge in [-0.05, 0) is 12.5 Å². The van der Waals surface area contributed by atoms with Gasteiger partial charge in [0.25, 0.3) is 0 Å². The number of fused-ring (bicyclic) bond motifs is 1. The van der Waals surface area contributed by atoms with Crippen molar-refractivity contribution < 1.29 is 19.4 Å². The quantitative estimate of drug-likeness (QED) is 0.745. The smallest absolute Gasteiger partial charge is 0.326 e. The number of carbonyl (C=O) groups excluding carboxylic acids is 1. The summed E-state index contributed by atoms with van der Waals surface area (Å²) < 4.78 is 5.54. The number of hydrogen-bond acceptors (Lipinski definition) is 3. The summed E-state index contributed by atoms with van der Waals surface area (Å²) in [7, 11) is 0. The molecule has 21 heavy (non-hydrogen) atoms. The van der Waals surface area contributed by atoms with E-state index in [-0.39, 0.29) is 5.92 Å². The molecular formula is C15H20N2O4. The highest BCUT2D eigenvalue weighted by Crippen LogP contribution is 2.32. The third kappa shape index (κ3) is 3.87. The number of hydrogen-bond donors (Lipinski definition) is 3. The lowest BCUT2D eigenvalue weighted by Crippen LogP contribution is -2.46. The number of carboxylic acids is 1. The lowest BCUT2D eigenvalue weighted by Gasteiger charge is -2.16. The van der Waals surface area contributed by atoms with Crippen LogP contribution >= 0.6 is 0 Å². The molecule has 1 aromatic rings. The summed E-state index contributed by atoms with van der Waals surface area (Å²) in [4.78, 5) is 22.8. The first-order chi connectivity index (χ1) is 10.1. The molecule has 2 unspecified atom stereocenters. The molecule has 0 aromatic heterocycles. The Hall–Kier alpha value is -2.24. The number of urea groups is 1. The maximum absolute atomic E-state index is 11.8. The number of amides is 2. The summed E-state index contributed by atoms with van der Waals surface area (Å²) in [6.45, 7) is 2.82. The number of rotatable bonds is 6. The molecule has 0 aliphatic carbocycles. The van der Waals surface area contributed by atoms with Crippen molar-refractivity contribution in [3.8, 4) is 5.75 Å². The van der Waals surface area contributed by atoms with Crippen LogP contribution in [-0.2, 0) is 4.79 Å². The van der Waals surface area contributed by atoms with Gasteiger partial charge in [0.2, 0.25) is 0 Å². The first kappa shape index (κ1) is 15.2. The van der Waals surface area contributed by atoms with Gasteiger partial charge in [0, 0.05) is 18.0 Å². The second kappa shape index (κ2) is 6.97. The van der Waals surface area contributed by atoms with Crippen LogP contribution in [0.25, 0.3) is 0 Å². The number of ether oxygens (including phenoxy) is 1. The minimum atomic E-state index is -1.01. The molecule has 1 aliphatic rings. The molecule has 0 fully saturated rings. The monoisotopic (exact) mass is 292 g/mol. The van der Waals surface area contributed by atoms with Crippen molar-refractivity contribution in [2.45, 2.75) is 31.7 Å². The standard InChI is InChI=1S/C15H20N2O4/c1-2-5-12(14(18)19)17-15(20)16-8-10-9-21-13-7-4-3-6-11(10)13/h3-4,6-7,10,12H,2,5,8-9H2,1H3,(H,18,19)(H2,16,17,20). The molecular weight excluding hydrogens is 272 g/mol. The van der Waals surface area contributed by atoms with Crippen molar-refractivity contribution in [1.29, 1.82) is 0 Å². The molecule has 6 heteroatoms. The predicted octanol–water partition coefficient (Wildman–Crippen LogP) is 1.72. The van der Waals surface area contributed by atoms with Gasteiger partial charge < -0.3 is 20.5 Å². The fraction of sp³-hybridized carbons (Fsp3) is 0.467. The number of nitrogens with one attached hydrogen (secondary N) is 2. The molecule has 0 saturated heterocycles. The van der Waals surface area contributed by atoms with Crippen LogP contribution in [0.2, 0.25) is 0 Å². The normalized spacial score (nSPS) is 17.5. The summed E-state index contributed by atoms with van der Waals surface area (Å²) in [5.41, 5.74) is 1.07. The topological polar surface area (TPSA) is 87.7 Å². The molecule has 1 heterocycles. The Morgan fingerprint density at radius 3 is 2.90 bits per heavy atom. The first-order valence-corrected chi connectivity index (χ1v) is 7.10. The maximum Gasteiger partial charge on any atom is 0.326 e. The van der Waals surface area contributed by atoms with E-state index in [2.05, 4.69) is 10.6 Å². The Morgan fingerprint density at radius 1 is 1.43 bits per heavy atom. The molecule has 0 bridgehead atoms. The zero-order chi connectivity index (χ0) is 15.2. The molecule has 1 aliphatic heterocycles. The highest BCUT2D eigenvalue weighted by molar-refractivity contribution is 5.82. The maximum atomic E-state index is 11.8. The molecule has 0 saturated carbocycles. The molecule has 114 valence electrons. The fourth-order valence-electron chi connectivity index (χ4n) is 2.37. The van der Waals surface area contributed by atoms with Crippen molar-refractivity contribution in [2.75, 3.05) is 13.2 Å². The molecule has 0 radical (unpaired) electrons. The molecule has 0 spiro atoms. The first-order valence-electron chi connectivity index (χ1n) is 7.10. The Kier molecular flexibility index (Phi) is 5.03. The number of carbonyl (C=O) groups is 2. The number of carboxylic acid groups (broad SMARTS) is 1. The molecule has 2 amide bonds. The SMILES string of the molecule is CCCC(NC(=O)NCC1COc2ccccc21)C(=O)O. The van der Waals surface area contributed by atoms with Gasteiger partial charge in [-0.25, -0.2) is 9.59 Å². The van der Waals surface area contributed by atoms with Gasteiger partial charge in [0.15, 0.2) is 0 Å². The van der Waals surface area contributed by atoms with Gasteiger partial charge in [-0.2, -0.15) is 0 Å². The Labute approximate surface area is 123 Å². The van der Waals surface area contributed by atoms with Crippen LogP contribution in [0.4, 0.5) is 4.79 Å². The van der Waals surface area contributed by atoms with Crippen molar-refractivity contribution in [3.63, 3.8) is 0 Å². The van der Waals surface area contributed by atoms with E-state index in [0.29, 0.717) is 26.0 Å². The zero-order valence-corrected chi connectivity index (χ0v) is 12.0. The third-order valence-electron chi connectivity index (χ3n) is 3.49. The Morgan fingerprint density at radius 2 is 2.19 bits per heavy atom. The van der Waals surface area contributed by atoms with Crippen molar-refractivity contribution >= 4 is 12.0 Å². The van der Waals surface area contributed by atoms with Gasteiger partial charge >= 0.3 is 12.0 Å². The van der Waals surface area contributed by atoms with Crippen LogP contribution in [0.15, 0.2) is 24.3 Å². The second-order valence-corrected chi connectivity index (χ2v) is 5.08. The second-order valence-electron chi connectivity index (χ2n) is 5.08. The largest absolute Gasteiger partial charge is 0.493 e. The molecule has 6 nitrogen and oxygen atoms in total. The Bertz CT molecular complexity index is 518. The van der Waals surface area contributed by atoms with Crippen LogP contribution < -0.4 is 15.4 Å². The van der Waals surface area contributed by atoms with E-state index >= 15 is 0 Å². The minimum Gasteiger partial charge on any atom is -0.493 e. The van der Waals surface area contributed by atoms with Crippen LogP contribution in [0, 0.1) is 0 Å². The summed E-state index contributed by atoms with van der Waals surface area (Å²) in [5, 5.41) is 14.2.